The van der Waals surface area contributed by atoms with Crippen LogP contribution in [0.2, 0.25) is 5.02 Å². The van der Waals surface area contributed by atoms with Crippen molar-refractivity contribution in [2.45, 2.75) is 32.2 Å². The number of hydrogen-bond acceptors (Lipinski definition) is 3. The summed E-state index contributed by atoms with van der Waals surface area (Å²) < 4.78 is 0. The van der Waals surface area contributed by atoms with Crippen LogP contribution in [0.4, 0.5) is 0 Å². The molecule has 0 aliphatic rings. The van der Waals surface area contributed by atoms with Crippen LogP contribution in [0.1, 0.15) is 37.1 Å². The largest absolute Gasteiger partial charge is 0.337 e. The molecule has 1 aromatic carbocycles. The van der Waals surface area contributed by atoms with Crippen LogP contribution >= 0.6 is 11.6 Å². The summed E-state index contributed by atoms with van der Waals surface area (Å²) in [7, 11) is 1.82. The maximum Gasteiger partial charge on any atom is 0.222 e. The lowest BCUT2D eigenvalue weighted by Gasteiger charge is -2.24. The fraction of sp³-hybridized carbons (Fsp3) is 0.353. The van der Waals surface area contributed by atoms with Crippen LogP contribution in [-0.4, -0.2) is 27.8 Å². The summed E-state index contributed by atoms with van der Waals surface area (Å²) in [5.41, 5.74) is 2.05. The normalized spacial score (nSPS) is 12.0. The Labute approximate surface area is 136 Å². The van der Waals surface area contributed by atoms with Crippen molar-refractivity contribution in [2.24, 2.45) is 0 Å². The van der Waals surface area contributed by atoms with Gasteiger partial charge in [-0.15, -0.1) is 0 Å². The molecule has 2 aromatic rings. The third-order valence-electron chi connectivity index (χ3n) is 3.78. The van der Waals surface area contributed by atoms with Gasteiger partial charge < -0.3 is 4.90 Å². The second-order valence-corrected chi connectivity index (χ2v) is 5.73. The van der Waals surface area contributed by atoms with Gasteiger partial charge in [-0.2, -0.15) is 0 Å². The van der Waals surface area contributed by atoms with Gasteiger partial charge >= 0.3 is 0 Å². The molecule has 0 bridgehead atoms. The number of aryl methyl sites for hydroxylation is 1. The Morgan fingerprint density at radius 2 is 2.00 bits per heavy atom. The van der Waals surface area contributed by atoms with Gasteiger partial charge in [0.15, 0.2) is 0 Å². The van der Waals surface area contributed by atoms with Crippen molar-refractivity contribution in [2.75, 3.05) is 7.05 Å². The Balaban J connectivity index is 1.82. The molecule has 5 heteroatoms. The number of carbonyl (C=O) groups is 1. The minimum Gasteiger partial charge on any atom is -0.337 e. The Morgan fingerprint density at radius 1 is 1.27 bits per heavy atom. The fourth-order valence-electron chi connectivity index (χ4n) is 2.23. The summed E-state index contributed by atoms with van der Waals surface area (Å²) >= 11 is 5.86. The van der Waals surface area contributed by atoms with Crippen molar-refractivity contribution in [3.05, 3.63) is 59.1 Å². The molecular formula is C17H20ClN3O. The number of benzene rings is 1. The number of halogens is 1. The number of aromatic nitrogens is 2. The average molecular weight is 318 g/mol. The van der Waals surface area contributed by atoms with E-state index in [9.17, 15) is 4.79 Å². The van der Waals surface area contributed by atoms with Crippen LogP contribution in [-0.2, 0) is 11.2 Å². The number of carbonyl (C=O) groups excluding carboxylic acids is 1. The second-order valence-electron chi connectivity index (χ2n) is 5.29. The molecule has 0 unspecified atom stereocenters. The number of nitrogens with zero attached hydrogens (tertiary/aromatic N) is 3. The van der Waals surface area contributed by atoms with Gasteiger partial charge in [-0.1, -0.05) is 23.7 Å². The maximum absolute atomic E-state index is 12.3. The molecule has 1 heterocycles. The molecule has 0 N–H and O–H groups in total. The highest BCUT2D eigenvalue weighted by Gasteiger charge is 2.17. The average Bonchev–Trinajstić information content (AvgIpc) is 2.56. The van der Waals surface area contributed by atoms with Crippen LogP contribution in [0.25, 0.3) is 0 Å². The highest BCUT2D eigenvalue weighted by Crippen LogP contribution is 2.17. The first-order valence-corrected chi connectivity index (χ1v) is 7.71. The fourth-order valence-corrected chi connectivity index (χ4v) is 2.36. The van der Waals surface area contributed by atoms with E-state index in [1.54, 1.807) is 11.1 Å². The molecule has 0 saturated carbocycles. The molecule has 1 atom stereocenters. The quantitative estimate of drug-likeness (QED) is 0.816. The van der Waals surface area contributed by atoms with Crippen molar-refractivity contribution >= 4 is 17.5 Å². The molecule has 0 aliphatic carbocycles. The first-order valence-electron chi connectivity index (χ1n) is 7.34. The lowest BCUT2D eigenvalue weighted by molar-refractivity contribution is -0.132. The molecule has 22 heavy (non-hydrogen) atoms. The SMILES string of the molecule is C[C@H](c1ccncn1)N(C)C(=O)CCCc1ccc(Cl)cc1. The van der Waals surface area contributed by atoms with E-state index in [0.29, 0.717) is 6.42 Å². The van der Waals surface area contributed by atoms with Gasteiger partial charge in [0.05, 0.1) is 11.7 Å². The van der Waals surface area contributed by atoms with E-state index < -0.39 is 0 Å². The van der Waals surface area contributed by atoms with Gasteiger partial charge in [0.25, 0.3) is 0 Å². The predicted molar refractivity (Wildman–Crippen MR) is 87.6 cm³/mol. The highest BCUT2D eigenvalue weighted by atomic mass is 35.5. The van der Waals surface area contributed by atoms with E-state index in [-0.39, 0.29) is 11.9 Å². The van der Waals surface area contributed by atoms with Crippen molar-refractivity contribution < 1.29 is 4.79 Å². The van der Waals surface area contributed by atoms with E-state index in [1.165, 1.54) is 11.9 Å². The van der Waals surface area contributed by atoms with Gasteiger partial charge in [-0.3, -0.25) is 4.79 Å². The lowest BCUT2D eigenvalue weighted by atomic mass is 10.1. The van der Waals surface area contributed by atoms with E-state index >= 15 is 0 Å². The van der Waals surface area contributed by atoms with Gasteiger partial charge in [0.2, 0.25) is 5.91 Å². The summed E-state index contributed by atoms with van der Waals surface area (Å²) in [5.74, 6) is 0.125. The predicted octanol–water partition coefficient (Wildman–Crippen LogP) is 3.67. The molecular weight excluding hydrogens is 298 g/mol. The lowest BCUT2D eigenvalue weighted by Crippen LogP contribution is -2.30. The first kappa shape index (κ1) is 16.4. The third-order valence-corrected chi connectivity index (χ3v) is 4.03. The summed E-state index contributed by atoms with van der Waals surface area (Å²) in [5, 5.41) is 0.734. The Hall–Kier alpha value is -1.94. The molecule has 0 radical (unpaired) electrons. The van der Waals surface area contributed by atoms with E-state index in [1.807, 2.05) is 44.3 Å². The maximum atomic E-state index is 12.3. The molecule has 0 fully saturated rings. The summed E-state index contributed by atoms with van der Waals surface area (Å²) in [6.45, 7) is 1.97. The van der Waals surface area contributed by atoms with E-state index in [0.717, 1.165) is 23.6 Å². The Morgan fingerprint density at radius 3 is 2.64 bits per heavy atom. The van der Waals surface area contributed by atoms with Crippen LogP contribution < -0.4 is 0 Å². The number of hydrogen-bond donors (Lipinski definition) is 0. The standard InChI is InChI=1S/C17H20ClN3O/c1-13(16-10-11-19-12-20-16)21(2)17(22)5-3-4-14-6-8-15(18)9-7-14/h6-13H,3-5H2,1-2H3/t13-/m1/s1. The van der Waals surface area contributed by atoms with Crippen LogP contribution in [0, 0.1) is 0 Å². The Kier molecular flexibility index (Phi) is 5.90. The van der Waals surface area contributed by atoms with Crippen molar-refractivity contribution in [1.82, 2.24) is 14.9 Å². The number of amides is 1. The zero-order chi connectivity index (χ0) is 15.9. The van der Waals surface area contributed by atoms with Crippen molar-refractivity contribution in [1.29, 1.82) is 0 Å². The topological polar surface area (TPSA) is 46.1 Å². The van der Waals surface area contributed by atoms with Crippen molar-refractivity contribution in [3.8, 4) is 0 Å². The van der Waals surface area contributed by atoms with E-state index in [4.69, 9.17) is 11.6 Å². The summed E-state index contributed by atoms with van der Waals surface area (Å²) in [6.07, 6.45) is 5.41. The first-order chi connectivity index (χ1) is 10.6. The summed E-state index contributed by atoms with van der Waals surface area (Å²) in [6, 6.07) is 9.54. The van der Waals surface area contributed by atoms with Crippen LogP contribution in [0.15, 0.2) is 42.9 Å². The van der Waals surface area contributed by atoms with Gasteiger partial charge in [0, 0.05) is 24.7 Å². The summed E-state index contributed by atoms with van der Waals surface area (Å²) in [4.78, 5) is 22.1. The molecule has 0 spiro atoms. The molecule has 2 rings (SSSR count). The van der Waals surface area contributed by atoms with Crippen LogP contribution in [0.5, 0.6) is 0 Å². The van der Waals surface area contributed by atoms with Crippen molar-refractivity contribution in [3.63, 3.8) is 0 Å². The van der Waals surface area contributed by atoms with E-state index in [2.05, 4.69) is 9.97 Å². The molecule has 116 valence electrons. The zero-order valence-electron chi connectivity index (χ0n) is 12.9. The van der Waals surface area contributed by atoms with Gasteiger partial charge in [-0.25, -0.2) is 9.97 Å². The molecule has 0 saturated heterocycles. The molecule has 0 aliphatic heterocycles. The Bertz CT molecular complexity index is 601. The number of rotatable bonds is 6. The third kappa shape index (κ3) is 4.53. The van der Waals surface area contributed by atoms with Crippen LogP contribution in [0.3, 0.4) is 0 Å². The minimum atomic E-state index is -0.0500. The zero-order valence-corrected chi connectivity index (χ0v) is 13.6. The molecule has 1 aromatic heterocycles. The molecule has 4 nitrogen and oxygen atoms in total. The monoisotopic (exact) mass is 317 g/mol. The highest BCUT2D eigenvalue weighted by molar-refractivity contribution is 6.30. The second kappa shape index (κ2) is 7.90. The van der Waals surface area contributed by atoms with Gasteiger partial charge in [-0.05, 0) is 43.5 Å². The van der Waals surface area contributed by atoms with Gasteiger partial charge in [0.1, 0.15) is 6.33 Å². The smallest absolute Gasteiger partial charge is 0.222 e. The minimum absolute atomic E-state index is 0.0500. The molecule has 1 amide bonds.